The van der Waals surface area contributed by atoms with Crippen LogP contribution in [0.5, 0.6) is 0 Å². The quantitative estimate of drug-likeness (QED) is 0.166. The zero-order valence-electron chi connectivity index (χ0n) is 20.0. The van der Waals surface area contributed by atoms with Crippen LogP contribution in [0.15, 0.2) is 48.1 Å². The number of unbranched alkanes of at least 4 members (excludes halogenated alkanes) is 12. The van der Waals surface area contributed by atoms with Gasteiger partial charge in [0.25, 0.3) is 0 Å². The maximum atomic E-state index is 10.9. The van der Waals surface area contributed by atoms with E-state index in [-0.39, 0.29) is 6.42 Å². The molecule has 0 aliphatic heterocycles. The molecule has 0 aromatic heterocycles. The Morgan fingerprint density at radius 3 is 1.84 bits per heavy atom. The van der Waals surface area contributed by atoms with Crippen LogP contribution < -0.4 is 0 Å². The van der Waals surface area contributed by atoms with Gasteiger partial charge >= 0.3 is 5.97 Å². The number of allylic oxidation sites excluding steroid dienone is 3. The molecule has 2 heteroatoms. The van der Waals surface area contributed by atoms with E-state index in [0.29, 0.717) is 6.42 Å². The van der Waals surface area contributed by atoms with Gasteiger partial charge in [-0.25, -0.2) is 0 Å². The monoisotopic (exact) mass is 426 g/mol. The van der Waals surface area contributed by atoms with E-state index in [2.05, 4.69) is 37.3 Å². The summed E-state index contributed by atoms with van der Waals surface area (Å²) in [7, 11) is 0. The number of benzene rings is 1. The van der Waals surface area contributed by atoms with Gasteiger partial charge in [-0.15, -0.1) is 0 Å². The summed E-state index contributed by atoms with van der Waals surface area (Å²) in [5.41, 5.74) is 2.44. The molecule has 1 N–H and O–H groups in total. The van der Waals surface area contributed by atoms with Crippen molar-refractivity contribution in [3.8, 4) is 0 Å². The van der Waals surface area contributed by atoms with Crippen molar-refractivity contribution < 1.29 is 9.90 Å². The van der Waals surface area contributed by atoms with Crippen LogP contribution in [0.1, 0.15) is 122 Å². The second-order valence-corrected chi connectivity index (χ2v) is 8.79. The largest absolute Gasteiger partial charge is 0.481 e. The smallest absolute Gasteiger partial charge is 0.303 e. The molecule has 1 aromatic rings. The van der Waals surface area contributed by atoms with Crippen molar-refractivity contribution >= 4 is 12.0 Å². The predicted molar refractivity (Wildman–Crippen MR) is 135 cm³/mol. The van der Waals surface area contributed by atoms with E-state index in [1.807, 2.05) is 18.2 Å². The predicted octanol–water partition coefficient (Wildman–Crippen LogP) is 9.36. The molecule has 31 heavy (non-hydrogen) atoms. The van der Waals surface area contributed by atoms with Gasteiger partial charge in [0.1, 0.15) is 0 Å². The SMILES string of the molecule is CCCCCCCC/C=C/CCCCCCCC/C(=C/c1ccccc1)CCC(=O)O. The second kappa shape index (κ2) is 20.1. The summed E-state index contributed by atoms with van der Waals surface area (Å²) in [4.78, 5) is 10.9. The Morgan fingerprint density at radius 2 is 1.26 bits per heavy atom. The number of carbonyl (C=O) groups is 1. The number of carboxylic acid groups (broad SMARTS) is 1. The Hall–Kier alpha value is -1.83. The molecule has 1 rings (SSSR count). The Bertz CT molecular complexity index is 600. The highest BCUT2D eigenvalue weighted by Gasteiger charge is 2.03. The first-order valence-corrected chi connectivity index (χ1v) is 12.8. The molecule has 0 saturated heterocycles. The van der Waals surface area contributed by atoms with E-state index in [1.54, 1.807) is 0 Å². The van der Waals surface area contributed by atoms with Crippen LogP contribution in [0.3, 0.4) is 0 Å². The van der Waals surface area contributed by atoms with Crippen LogP contribution >= 0.6 is 0 Å². The van der Waals surface area contributed by atoms with Gasteiger partial charge in [0.05, 0.1) is 0 Å². The molecule has 0 radical (unpaired) electrons. The lowest BCUT2D eigenvalue weighted by molar-refractivity contribution is -0.136. The summed E-state index contributed by atoms with van der Waals surface area (Å²) in [6, 6.07) is 10.3. The number of hydrogen-bond acceptors (Lipinski definition) is 1. The number of carboxylic acids is 1. The molecule has 0 fully saturated rings. The average molecular weight is 427 g/mol. The molecular weight excluding hydrogens is 380 g/mol. The van der Waals surface area contributed by atoms with Crippen molar-refractivity contribution in [1.82, 2.24) is 0 Å². The highest BCUT2D eigenvalue weighted by Crippen LogP contribution is 2.19. The molecule has 1 aromatic carbocycles. The highest BCUT2D eigenvalue weighted by atomic mass is 16.4. The third-order valence-electron chi connectivity index (χ3n) is 5.84. The van der Waals surface area contributed by atoms with Crippen LogP contribution in [-0.4, -0.2) is 11.1 Å². The van der Waals surface area contributed by atoms with E-state index in [9.17, 15) is 4.79 Å². The van der Waals surface area contributed by atoms with Crippen LogP contribution in [0.4, 0.5) is 0 Å². The van der Waals surface area contributed by atoms with Crippen molar-refractivity contribution in [2.75, 3.05) is 0 Å². The van der Waals surface area contributed by atoms with Crippen molar-refractivity contribution in [3.63, 3.8) is 0 Å². The van der Waals surface area contributed by atoms with Gasteiger partial charge in [0, 0.05) is 6.42 Å². The highest BCUT2D eigenvalue weighted by molar-refractivity contribution is 5.67. The minimum Gasteiger partial charge on any atom is -0.481 e. The molecule has 0 heterocycles. The third-order valence-corrected chi connectivity index (χ3v) is 5.84. The zero-order valence-corrected chi connectivity index (χ0v) is 20.0. The Labute approximate surface area is 191 Å². The van der Waals surface area contributed by atoms with Crippen molar-refractivity contribution in [3.05, 3.63) is 53.6 Å². The summed E-state index contributed by atoms with van der Waals surface area (Å²) >= 11 is 0. The Balaban J connectivity index is 2.04. The molecule has 0 atom stereocenters. The van der Waals surface area contributed by atoms with Gasteiger partial charge in [-0.2, -0.15) is 0 Å². The maximum absolute atomic E-state index is 10.9. The molecule has 174 valence electrons. The van der Waals surface area contributed by atoms with E-state index >= 15 is 0 Å². The van der Waals surface area contributed by atoms with Gasteiger partial charge in [0.2, 0.25) is 0 Å². The van der Waals surface area contributed by atoms with E-state index in [1.165, 1.54) is 94.6 Å². The summed E-state index contributed by atoms with van der Waals surface area (Å²) < 4.78 is 0. The van der Waals surface area contributed by atoms with E-state index < -0.39 is 5.97 Å². The van der Waals surface area contributed by atoms with Gasteiger partial charge in [-0.05, 0) is 50.5 Å². The molecule has 0 amide bonds. The van der Waals surface area contributed by atoms with Crippen molar-refractivity contribution in [2.45, 2.75) is 116 Å². The first kappa shape index (κ1) is 27.2. The molecule has 2 nitrogen and oxygen atoms in total. The van der Waals surface area contributed by atoms with E-state index in [0.717, 1.165) is 12.8 Å². The molecular formula is C29H46O2. The van der Waals surface area contributed by atoms with Gasteiger partial charge in [0.15, 0.2) is 0 Å². The van der Waals surface area contributed by atoms with Crippen LogP contribution in [-0.2, 0) is 4.79 Å². The standard InChI is InChI=1S/C29H46O2/c1-2-3-4-5-6-7-8-9-10-11-12-13-14-15-16-18-23-28(24-25-29(30)31)26-27-21-19-17-20-22-27/h9-10,17,19-22,26H,2-8,11-16,18,23-25H2,1H3,(H,30,31)/b10-9+,28-26-. The summed E-state index contributed by atoms with van der Waals surface area (Å²) in [5.74, 6) is -0.708. The summed E-state index contributed by atoms with van der Waals surface area (Å²) in [5, 5.41) is 9.01. The fourth-order valence-electron chi connectivity index (χ4n) is 3.92. The van der Waals surface area contributed by atoms with Gasteiger partial charge in [-0.1, -0.05) is 119 Å². The van der Waals surface area contributed by atoms with Crippen LogP contribution in [0, 0.1) is 0 Å². The normalized spacial score (nSPS) is 12.0. The summed E-state index contributed by atoms with van der Waals surface area (Å²) in [6.45, 7) is 2.27. The molecule has 0 bridgehead atoms. The first-order chi connectivity index (χ1) is 15.2. The molecule has 0 aliphatic carbocycles. The lowest BCUT2D eigenvalue weighted by Crippen LogP contribution is -1.96. The van der Waals surface area contributed by atoms with Crippen molar-refractivity contribution in [2.24, 2.45) is 0 Å². The van der Waals surface area contributed by atoms with Gasteiger partial charge < -0.3 is 5.11 Å². The second-order valence-electron chi connectivity index (χ2n) is 8.79. The number of aliphatic carboxylic acids is 1. The average Bonchev–Trinajstić information content (AvgIpc) is 2.77. The van der Waals surface area contributed by atoms with Crippen LogP contribution in [0.2, 0.25) is 0 Å². The minimum absolute atomic E-state index is 0.227. The number of rotatable bonds is 20. The third kappa shape index (κ3) is 17.5. The zero-order chi connectivity index (χ0) is 22.4. The lowest BCUT2D eigenvalue weighted by Gasteiger charge is -2.07. The lowest BCUT2D eigenvalue weighted by atomic mass is 9.99. The minimum atomic E-state index is -0.708. The molecule has 0 saturated carbocycles. The Kier molecular flexibility index (Phi) is 17.6. The summed E-state index contributed by atoms with van der Waals surface area (Å²) in [6.07, 6.45) is 27.3. The van der Waals surface area contributed by atoms with Crippen LogP contribution in [0.25, 0.3) is 6.08 Å². The molecule has 0 unspecified atom stereocenters. The maximum Gasteiger partial charge on any atom is 0.303 e. The van der Waals surface area contributed by atoms with Gasteiger partial charge in [-0.3, -0.25) is 4.79 Å². The first-order valence-electron chi connectivity index (χ1n) is 12.8. The topological polar surface area (TPSA) is 37.3 Å². The fraction of sp³-hybridized carbons (Fsp3) is 0.621. The van der Waals surface area contributed by atoms with E-state index in [4.69, 9.17) is 5.11 Å². The van der Waals surface area contributed by atoms with Crippen molar-refractivity contribution in [1.29, 1.82) is 0 Å². The fourth-order valence-corrected chi connectivity index (χ4v) is 3.92. The number of hydrogen-bond donors (Lipinski definition) is 1. The molecule has 0 spiro atoms. The Morgan fingerprint density at radius 1 is 0.710 bits per heavy atom. The molecule has 0 aliphatic rings.